The second-order valence-electron chi connectivity index (χ2n) is 7.07. The number of benzene rings is 1. The Labute approximate surface area is 199 Å². The van der Waals surface area contributed by atoms with Crippen LogP contribution in [0.1, 0.15) is 30.9 Å². The molecule has 0 radical (unpaired) electrons. The molecule has 1 aliphatic rings. The number of carbonyl (C=O) groups excluding carboxylic acids is 1. The SMILES string of the molecule is CCc1cc(C)cc(NC(=O)[N-]S(=O)(=O)N(c2cnn(C)c2)C2CCOCC2)c1.[Na+]. The largest absolute Gasteiger partial charge is 1.00 e. The molecule has 0 atom stereocenters. The molecule has 158 valence electrons. The maximum atomic E-state index is 13.1. The molecule has 2 heterocycles. The molecule has 1 aromatic heterocycles. The summed E-state index contributed by atoms with van der Waals surface area (Å²) < 4.78 is 37.7. The molecule has 1 fully saturated rings. The van der Waals surface area contributed by atoms with Crippen LogP contribution < -0.4 is 39.2 Å². The molecule has 2 amide bonds. The maximum Gasteiger partial charge on any atom is 1.00 e. The van der Waals surface area contributed by atoms with Crippen LogP contribution in [0.15, 0.2) is 30.6 Å². The second-order valence-corrected chi connectivity index (χ2v) is 8.54. The number of aromatic nitrogens is 2. The molecule has 0 spiro atoms. The molecule has 30 heavy (non-hydrogen) atoms. The first-order chi connectivity index (χ1) is 13.8. The van der Waals surface area contributed by atoms with Crippen LogP contribution in [0.25, 0.3) is 4.72 Å². The fourth-order valence-corrected chi connectivity index (χ4v) is 4.70. The van der Waals surface area contributed by atoms with E-state index in [1.807, 2.05) is 26.0 Å². The van der Waals surface area contributed by atoms with Crippen molar-refractivity contribution in [2.75, 3.05) is 22.8 Å². The molecular weight excluding hydrogens is 417 g/mol. The van der Waals surface area contributed by atoms with Crippen LogP contribution in [0.5, 0.6) is 0 Å². The third-order valence-electron chi connectivity index (χ3n) is 4.71. The summed E-state index contributed by atoms with van der Waals surface area (Å²) in [5.41, 5.74) is 2.91. The third kappa shape index (κ3) is 6.21. The quantitative estimate of drug-likeness (QED) is 0.639. The van der Waals surface area contributed by atoms with Crippen molar-refractivity contribution in [3.63, 3.8) is 0 Å². The van der Waals surface area contributed by atoms with E-state index in [-0.39, 0.29) is 35.6 Å². The smallest absolute Gasteiger partial charge is 0.424 e. The molecule has 1 aliphatic heterocycles. The topological polar surface area (TPSA) is 108 Å². The van der Waals surface area contributed by atoms with Crippen LogP contribution in [0.2, 0.25) is 0 Å². The number of aryl methyl sites for hydroxylation is 3. The fourth-order valence-electron chi connectivity index (χ4n) is 3.41. The molecule has 0 bridgehead atoms. The molecule has 3 rings (SSSR count). The number of nitrogens with zero attached hydrogens (tertiary/aromatic N) is 4. The van der Waals surface area contributed by atoms with Gasteiger partial charge in [0.05, 0.1) is 11.9 Å². The van der Waals surface area contributed by atoms with Crippen molar-refractivity contribution in [1.82, 2.24) is 9.78 Å². The van der Waals surface area contributed by atoms with E-state index in [1.165, 1.54) is 15.2 Å². The molecule has 1 N–H and O–H groups in total. The Bertz CT molecular complexity index is 973. The van der Waals surface area contributed by atoms with Crippen molar-refractivity contribution in [2.45, 2.75) is 39.2 Å². The average molecular weight is 444 g/mol. The zero-order valence-corrected chi connectivity index (χ0v) is 20.6. The van der Waals surface area contributed by atoms with Crippen LogP contribution >= 0.6 is 0 Å². The van der Waals surface area contributed by atoms with Crippen molar-refractivity contribution in [1.29, 1.82) is 0 Å². The molecule has 1 saturated heterocycles. The number of nitrogens with one attached hydrogen (secondary N) is 1. The summed E-state index contributed by atoms with van der Waals surface area (Å²) in [6.07, 6.45) is 4.88. The van der Waals surface area contributed by atoms with Gasteiger partial charge in [-0.2, -0.15) is 5.10 Å². The Hall–Kier alpha value is -1.59. The molecule has 0 aliphatic carbocycles. The van der Waals surface area contributed by atoms with Crippen molar-refractivity contribution in [2.24, 2.45) is 7.05 Å². The number of anilines is 2. The predicted molar refractivity (Wildman–Crippen MR) is 111 cm³/mol. The Morgan fingerprint density at radius 1 is 1.33 bits per heavy atom. The zero-order chi connectivity index (χ0) is 21.0. The summed E-state index contributed by atoms with van der Waals surface area (Å²) in [4.78, 5) is 12.4. The van der Waals surface area contributed by atoms with Gasteiger partial charge in [-0.3, -0.25) is 13.8 Å². The fraction of sp³-hybridized carbons (Fsp3) is 0.474. The van der Waals surface area contributed by atoms with E-state index in [2.05, 4.69) is 15.1 Å². The third-order valence-corrected chi connectivity index (χ3v) is 6.11. The standard InChI is InChI=1S/C19H27N5O4S.Na/c1-4-15-9-14(2)10-16(11-15)21-19(25)22-29(26,27)24(17-5-7-28-8-6-17)18-12-20-23(3)13-18;/h9-13,17H,4-8H2,1-3H3,(H2,21,22,25);/q;+1/p-1. The van der Waals surface area contributed by atoms with Crippen LogP contribution in [-0.2, 0) is 28.4 Å². The number of carbonyl (C=O) groups is 1. The van der Waals surface area contributed by atoms with Gasteiger partial charge in [0.2, 0.25) is 0 Å². The van der Waals surface area contributed by atoms with E-state index in [9.17, 15) is 13.2 Å². The van der Waals surface area contributed by atoms with Gasteiger partial charge in [-0.1, -0.05) is 30.7 Å². The first kappa shape index (κ1) is 24.7. The summed E-state index contributed by atoms with van der Waals surface area (Å²) in [6.45, 7) is 4.82. The van der Waals surface area contributed by atoms with E-state index in [1.54, 1.807) is 19.3 Å². The molecule has 2 aromatic rings. The summed E-state index contributed by atoms with van der Waals surface area (Å²) >= 11 is 0. The molecule has 11 heteroatoms. The van der Waals surface area contributed by atoms with Gasteiger partial charge in [0.15, 0.2) is 6.03 Å². The predicted octanol–water partition coefficient (Wildman–Crippen LogP) is 0.131. The molecule has 9 nitrogen and oxygen atoms in total. The Morgan fingerprint density at radius 2 is 2.03 bits per heavy atom. The van der Waals surface area contributed by atoms with E-state index in [0.717, 1.165) is 17.5 Å². The summed E-state index contributed by atoms with van der Waals surface area (Å²) in [5.74, 6) is 0. The number of rotatable bonds is 6. The molecule has 0 unspecified atom stereocenters. The monoisotopic (exact) mass is 443 g/mol. The summed E-state index contributed by atoms with van der Waals surface area (Å²) in [5, 5.41) is 6.63. The van der Waals surface area contributed by atoms with E-state index in [4.69, 9.17) is 4.74 Å². The van der Waals surface area contributed by atoms with Crippen LogP contribution in [0.4, 0.5) is 16.2 Å². The van der Waals surface area contributed by atoms with Crippen molar-refractivity contribution >= 4 is 27.6 Å². The van der Waals surface area contributed by atoms with Crippen LogP contribution in [-0.4, -0.2) is 43.5 Å². The zero-order valence-electron chi connectivity index (χ0n) is 17.8. The van der Waals surface area contributed by atoms with Gasteiger partial charge in [-0.15, -0.1) is 0 Å². The second kappa shape index (κ2) is 10.6. The Morgan fingerprint density at radius 3 is 2.63 bits per heavy atom. The number of hydrogen-bond acceptors (Lipinski definition) is 5. The minimum Gasteiger partial charge on any atom is -0.424 e. The van der Waals surface area contributed by atoms with Gasteiger partial charge in [-0.25, -0.2) is 8.42 Å². The van der Waals surface area contributed by atoms with Gasteiger partial charge in [0, 0.05) is 32.5 Å². The number of ether oxygens (including phenoxy) is 1. The summed E-state index contributed by atoms with van der Waals surface area (Å²) in [6, 6.07) is 4.32. The van der Waals surface area contributed by atoms with Crippen LogP contribution in [0.3, 0.4) is 0 Å². The van der Waals surface area contributed by atoms with Gasteiger partial charge < -0.3 is 14.8 Å². The van der Waals surface area contributed by atoms with Crippen molar-refractivity contribution < 1.29 is 47.5 Å². The van der Waals surface area contributed by atoms with Crippen LogP contribution in [0, 0.1) is 6.92 Å². The van der Waals surface area contributed by atoms with Gasteiger partial charge in [0.25, 0.3) is 10.2 Å². The Kier molecular flexibility index (Phi) is 8.74. The summed E-state index contributed by atoms with van der Waals surface area (Å²) in [7, 11) is -2.57. The normalized spacial score (nSPS) is 14.6. The van der Waals surface area contributed by atoms with E-state index < -0.39 is 16.2 Å². The van der Waals surface area contributed by atoms with Crippen molar-refractivity contribution in [3.8, 4) is 0 Å². The van der Waals surface area contributed by atoms with Gasteiger partial charge in [0.1, 0.15) is 0 Å². The van der Waals surface area contributed by atoms with Gasteiger partial charge >= 0.3 is 29.6 Å². The number of hydrogen-bond donors (Lipinski definition) is 1. The van der Waals surface area contributed by atoms with E-state index in [0.29, 0.717) is 37.4 Å². The Balaban J connectivity index is 0.00000320. The van der Waals surface area contributed by atoms with E-state index >= 15 is 0 Å². The minimum absolute atomic E-state index is 0. The molecule has 1 aromatic carbocycles. The maximum absolute atomic E-state index is 13.1. The number of amides is 2. The van der Waals surface area contributed by atoms with Gasteiger partial charge in [-0.05, 0) is 37.4 Å². The molecule has 0 saturated carbocycles. The average Bonchev–Trinajstić information content (AvgIpc) is 3.06. The first-order valence-electron chi connectivity index (χ1n) is 9.54. The van der Waals surface area contributed by atoms with Crippen molar-refractivity contribution in [3.05, 3.63) is 46.4 Å². The molecular formula is C19H26N5NaO4S. The minimum atomic E-state index is -4.27. The first-order valence-corrected chi connectivity index (χ1v) is 10.9. The number of urea groups is 1.